The van der Waals surface area contributed by atoms with Gasteiger partial charge in [0.15, 0.2) is 0 Å². The fraction of sp³-hybridized carbons (Fsp3) is 0.417. The molecule has 4 atom stereocenters. The highest BCUT2D eigenvalue weighted by atomic mass is 19.1. The van der Waals surface area contributed by atoms with Crippen LogP contribution in [0.3, 0.4) is 0 Å². The van der Waals surface area contributed by atoms with Crippen LogP contribution in [0.4, 0.5) is 9.18 Å². The zero-order chi connectivity index (χ0) is 21.1. The van der Waals surface area contributed by atoms with E-state index in [4.69, 9.17) is 4.74 Å². The number of carbonyl (C=O) groups excluding carboxylic acids is 2. The number of carbonyl (C=O) groups is 2. The van der Waals surface area contributed by atoms with Crippen molar-refractivity contribution in [2.45, 2.75) is 38.2 Å². The van der Waals surface area contributed by atoms with Crippen molar-refractivity contribution < 1.29 is 18.7 Å². The summed E-state index contributed by atoms with van der Waals surface area (Å²) in [7, 11) is 1.73. The van der Waals surface area contributed by atoms with Crippen LogP contribution < -0.4 is 0 Å². The topological polar surface area (TPSA) is 49.9 Å². The minimum atomic E-state index is -0.905. The number of likely N-dealkylation sites (N-methyl/N-ethyl adjacent to an activating group) is 1. The molecule has 1 saturated carbocycles. The summed E-state index contributed by atoms with van der Waals surface area (Å²) in [4.78, 5) is 29.4. The highest BCUT2D eigenvalue weighted by molar-refractivity contribution is 5.86. The Bertz CT molecular complexity index is 877. The van der Waals surface area contributed by atoms with E-state index in [2.05, 4.69) is 0 Å². The van der Waals surface area contributed by atoms with E-state index in [1.54, 1.807) is 11.9 Å². The van der Waals surface area contributed by atoms with Gasteiger partial charge in [-0.2, -0.15) is 0 Å². The Labute approximate surface area is 176 Å². The zero-order valence-corrected chi connectivity index (χ0v) is 17.1. The van der Waals surface area contributed by atoms with Crippen molar-refractivity contribution >= 4 is 12.0 Å². The SMILES string of the molecule is CN(Cc1ccccc1)C(=O)[C@@H]1[C@@H]2C[C@@H](F)C[C@@H]2CN1C(=O)OCc1ccccc1. The molecular formula is C24H27FN2O3. The Kier molecular flexibility index (Phi) is 6.02. The smallest absolute Gasteiger partial charge is 0.410 e. The van der Waals surface area contributed by atoms with Gasteiger partial charge in [0.25, 0.3) is 0 Å². The quantitative estimate of drug-likeness (QED) is 0.748. The fourth-order valence-corrected chi connectivity index (χ4v) is 4.75. The van der Waals surface area contributed by atoms with E-state index >= 15 is 0 Å². The molecule has 5 nitrogen and oxygen atoms in total. The molecule has 6 heteroatoms. The van der Waals surface area contributed by atoms with E-state index in [0.29, 0.717) is 25.9 Å². The Balaban J connectivity index is 1.47. The molecule has 0 bridgehead atoms. The molecule has 0 N–H and O–H groups in total. The monoisotopic (exact) mass is 410 g/mol. The molecule has 2 aromatic carbocycles. The molecule has 158 valence electrons. The minimum absolute atomic E-state index is 0.00310. The number of fused-ring (bicyclic) bond motifs is 1. The standard InChI is InChI=1S/C24H27FN2O3/c1-26(14-17-8-4-2-5-9-17)23(28)22-21-13-20(25)12-19(21)15-27(22)24(29)30-16-18-10-6-3-7-11-18/h2-11,19-22H,12-16H2,1H3/t19-,20+,21-,22+/m1/s1. The fourth-order valence-electron chi connectivity index (χ4n) is 4.75. The van der Waals surface area contributed by atoms with Crippen molar-refractivity contribution in [3.05, 3.63) is 71.8 Å². The van der Waals surface area contributed by atoms with Crippen LogP contribution >= 0.6 is 0 Å². The summed E-state index contributed by atoms with van der Waals surface area (Å²) in [6, 6.07) is 18.5. The van der Waals surface area contributed by atoms with Gasteiger partial charge in [-0.3, -0.25) is 9.69 Å². The van der Waals surface area contributed by atoms with Crippen LogP contribution in [0.15, 0.2) is 60.7 Å². The predicted molar refractivity (Wildman–Crippen MR) is 111 cm³/mol. The highest BCUT2D eigenvalue weighted by Crippen LogP contribution is 2.44. The molecular weight excluding hydrogens is 383 g/mol. The molecule has 2 amide bonds. The summed E-state index contributed by atoms with van der Waals surface area (Å²) < 4.78 is 19.6. The molecule has 1 aliphatic carbocycles. The van der Waals surface area contributed by atoms with E-state index in [0.717, 1.165) is 11.1 Å². The molecule has 1 saturated heterocycles. The third-order valence-electron chi connectivity index (χ3n) is 6.20. The highest BCUT2D eigenvalue weighted by Gasteiger charge is 2.53. The number of hydrogen-bond donors (Lipinski definition) is 0. The normalized spacial score (nSPS) is 25.1. The van der Waals surface area contributed by atoms with Gasteiger partial charge in [-0.25, -0.2) is 9.18 Å². The van der Waals surface area contributed by atoms with Crippen LogP contribution in [0.2, 0.25) is 0 Å². The van der Waals surface area contributed by atoms with E-state index in [1.807, 2.05) is 60.7 Å². The van der Waals surface area contributed by atoms with Gasteiger partial charge in [0.1, 0.15) is 18.8 Å². The van der Waals surface area contributed by atoms with Crippen molar-refractivity contribution in [1.29, 1.82) is 0 Å². The first kappa shape index (κ1) is 20.4. The van der Waals surface area contributed by atoms with E-state index in [9.17, 15) is 14.0 Å². The molecule has 1 heterocycles. The summed E-state index contributed by atoms with van der Waals surface area (Å²) in [6.45, 7) is 0.964. The summed E-state index contributed by atoms with van der Waals surface area (Å²) in [5, 5.41) is 0. The van der Waals surface area contributed by atoms with Crippen molar-refractivity contribution in [1.82, 2.24) is 9.80 Å². The maximum Gasteiger partial charge on any atom is 0.410 e. The third kappa shape index (κ3) is 4.32. The summed E-state index contributed by atoms with van der Waals surface area (Å²) in [6.07, 6.45) is -0.686. The average Bonchev–Trinajstić information content (AvgIpc) is 3.29. The first-order valence-electron chi connectivity index (χ1n) is 10.4. The average molecular weight is 410 g/mol. The van der Waals surface area contributed by atoms with E-state index in [-0.39, 0.29) is 24.3 Å². The molecule has 1 aliphatic heterocycles. The van der Waals surface area contributed by atoms with Gasteiger partial charge < -0.3 is 9.64 Å². The van der Waals surface area contributed by atoms with Crippen molar-refractivity contribution in [2.24, 2.45) is 11.8 Å². The lowest BCUT2D eigenvalue weighted by atomic mass is 9.93. The third-order valence-corrected chi connectivity index (χ3v) is 6.20. The second-order valence-corrected chi connectivity index (χ2v) is 8.31. The Morgan fingerprint density at radius 2 is 1.67 bits per heavy atom. The first-order chi connectivity index (χ1) is 14.5. The zero-order valence-electron chi connectivity index (χ0n) is 17.1. The molecule has 2 aromatic rings. The molecule has 0 spiro atoms. The van der Waals surface area contributed by atoms with Crippen LogP contribution in [0.25, 0.3) is 0 Å². The van der Waals surface area contributed by atoms with Crippen LogP contribution in [0, 0.1) is 11.8 Å². The number of likely N-dealkylation sites (tertiary alicyclic amines) is 1. The van der Waals surface area contributed by atoms with Gasteiger partial charge in [0.05, 0.1) is 0 Å². The number of hydrogen-bond acceptors (Lipinski definition) is 3. The molecule has 0 aromatic heterocycles. The summed E-state index contributed by atoms with van der Waals surface area (Å²) in [5.74, 6) is -0.310. The Hall–Kier alpha value is -2.89. The number of nitrogens with zero attached hydrogens (tertiary/aromatic N) is 2. The largest absolute Gasteiger partial charge is 0.445 e. The second-order valence-electron chi connectivity index (χ2n) is 8.31. The van der Waals surface area contributed by atoms with Crippen LogP contribution in [0.1, 0.15) is 24.0 Å². The van der Waals surface area contributed by atoms with Gasteiger partial charge in [0.2, 0.25) is 5.91 Å². The van der Waals surface area contributed by atoms with Gasteiger partial charge >= 0.3 is 6.09 Å². The van der Waals surface area contributed by atoms with Gasteiger partial charge in [-0.1, -0.05) is 60.7 Å². The van der Waals surface area contributed by atoms with Crippen LogP contribution in [-0.4, -0.2) is 47.6 Å². The lowest BCUT2D eigenvalue weighted by molar-refractivity contribution is -0.136. The molecule has 2 fully saturated rings. The molecule has 0 radical (unpaired) electrons. The number of rotatable bonds is 5. The van der Waals surface area contributed by atoms with Crippen molar-refractivity contribution in [3.63, 3.8) is 0 Å². The molecule has 0 unspecified atom stereocenters. The molecule has 2 aliphatic rings. The van der Waals surface area contributed by atoms with Gasteiger partial charge in [-0.15, -0.1) is 0 Å². The number of amides is 2. The number of benzene rings is 2. The van der Waals surface area contributed by atoms with E-state index < -0.39 is 18.3 Å². The first-order valence-corrected chi connectivity index (χ1v) is 10.4. The van der Waals surface area contributed by atoms with Crippen molar-refractivity contribution in [3.8, 4) is 0 Å². The van der Waals surface area contributed by atoms with Gasteiger partial charge in [-0.05, 0) is 35.8 Å². The number of ether oxygens (including phenoxy) is 1. The summed E-state index contributed by atoms with van der Waals surface area (Å²) >= 11 is 0. The predicted octanol–water partition coefficient (Wildman–Crippen LogP) is 4.03. The minimum Gasteiger partial charge on any atom is -0.445 e. The lowest BCUT2D eigenvalue weighted by Crippen LogP contribution is -2.49. The van der Waals surface area contributed by atoms with E-state index in [1.165, 1.54) is 4.90 Å². The maximum atomic E-state index is 14.1. The van der Waals surface area contributed by atoms with Crippen LogP contribution in [-0.2, 0) is 22.7 Å². The number of halogens is 1. The van der Waals surface area contributed by atoms with Gasteiger partial charge in [0, 0.05) is 20.1 Å². The second kappa shape index (κ2) is 8.86. The number of alkyl halides is 1. The summed E-state index contributed by atoms with van der Waals surface area (Å²) in [5.41, 5.74) is 1.90. The Morgan fingerprint density at radius 3 is 2.33 bits per heavy atom. The molecule has 30 heavy (non-hydrogen) atoms. The van der Waals surface area contributed by atoms with Crippen LogP contribution in [0.5, 0.6) is 0 Å². The maximum absolute atomic E-state index is 14.1. The molecule has 4 rings (SSSR count). The Morgan fingerprint density at radius 1 is 1.03 bits per heavy atom. The van der Waals surface area contributed by atoms with Crippen molar-refractivity contribution in [2.75, 3.05) is 13.6 Å². The lowest BCUT2D eigenvalue weighted by Gasteiger charge is -2.30.